The molecular formula is C27H32N2O5. The van der Waals surface area contributed by atoms with Gasteiger partial charge in [-0.3, -0.25) is 0 Å². The quantitative estimate of drug-likeness (QED) is 0.448. The molecule has 1 heterocycles. The van der Waals surface area contributed by atoms with Crippen molar-refractivity contribution in [3.8, 4) is 16.9 Å². The van der Waals surface area contributed by atoms with Crippen molar-refractivity contribution in [3.63, 3.8) is 0 Å². The minimum Gasteiger partial charge on any atom is -0.485 e. The van der Waals surface area contributed by atoms with E-state index in [9.17, 15) is 9.59 Å². The molecule has 0 aromatic heterocycles. The van der Waals surface area contributed by atoms with Crippen LogP contribution in [0.1, 0.15) is 53.0 Å². The van der Waals surface area contributed by atoms with Gasteiger partial charge in [-0.05, 0) is 70.9 Å². The lowest BCUT2D eigenvalue weighted by Gasteiger charge is -2.34. The predicted octanol–water partition coefficient (Wildman–Crippen LogP) is 5.81. The van der Waals surface area contributed by atoms with Gasteiger partial charge in [-0.1, -0.05) is 42.5 Å². The number of rotatable bonds is 2. The van der Waals surface area contributed by atoms with Crippen LogP contribution in [0.2, 0.25) is 0 Å². The van der Waals surface area contributed by atoms with Gasteiger partial charge in [-0.25, -0.2) is 20.0 Å². The Kier molecular flexibility index (Phi) is 6.06. The molecular weight excluding hydrogens is 432 g/mol. The number of amides is 2. The third kappa shape index (κ3) is 5.19. The Labute approximate surface area is 200 Å². The van der Waals surface area contributed by atoms with Crippen LogP contribution in [-0.4, -0.2) is 40.5 Å². The maximum Gasteiger partial charge on any atom is 0.429 e. The molecule has 0 radical (unpaired) electrons. The highest BCUT2D eigenvalue weighted by Crippen LogP contribution is 2.47. The van der Waals surface area contributed by atoms with Gasteiger partial charge in [0, 0.05) is 5.56 Å². The number of hydrogen-bond donors (Lipinski definition) is 1. The monoisotopic (exact) mass is 464 g/mol. The summed E-state index contributed by atoms with van der Waals surface area (Å²) < 4.78 is 17.2. The fourth-order valence-corrected chi connectivity index (χ4v) is 4.20. The molecule has 7 nitrogen and oxygen atoms in total. The molecule has 0 saturated carbocycles. The first-order valence-electron chi connectivity index (χ1n) is 11.5. The summed E-state index contributed by atoms with van der Waals surface area (Å²) in [5, 5.41) is 1.22. The molecule has 0 unspecified atom stereocenters. The van der Waals surface area contributed by atoms with Crippen molar-refractivity contribution in [1.82, 2.24) is 10.4 Å². The van der Waals surface area contributed by atoms with E-state index in [4.69, 9.17) is 14.2 Å². The van der Waals surface area contributed by atoms with Crippen LogP contribution in [0.5, 0.6) is 5.75 Å². The summed E-state index contributed by atoms with van der Waals surface area (Å²) in [4.78, 5) is 25.8. The number of nitrogens with one attached hydrogen (secondary N) is 1. The van der Waals surface area contributed by atoms with Gasteiger partial charge in [0.1, 0.15) is 23.1 Å². The molecule has 2 aliphatic rings. The van der Waals surface area contributed by atoms with Crippen molar-refractivity contribution in [1.29, 1.82) is 0 Å². The summed E-state index contributed by atoms with van der Waals surface area (Å²) in [6.07, 6.45) is 2.14. The molecule has 0 spiro atoms. The van der Waals surface area contributed by atoms with Crippen molar-refractivity contribution in [2.75, 3.05) is 0 Å². The van der Waals surface area contributed by atoms with Crippen molar-refractivity contribution >= 4 is 12.2 Å². The highest BCUT2D eigenvalue weighted by Gasteiger charge is 2.47. The van der Waals surface area contributed by atoms with Gasteiger partial charge < -0.3 is 14.2 Å². The van der Waals surface area contributed by atoms with E-state index in [1.165, 1.54) is 5.01 Å². The summed E-state index contributed by atoms with van der Waals surface area (Å²) in [5.41, 5.74) is 4.28. The minimum atomic E-state index is -0.739. The average molecular weight is 465 g/mol. The first-order chi connectivity index (χ1) is 15.9. The molecule has 1 N–H and O–H groups in total. The Morgan fingerprint density at radius 2 is 1.56 bits per heavy atom. The van der Waals surface area contributed by atoms with E-state index in [1.807, 2.05) is 42.5 Å². The summed E-state index contributed by atoms with van der Waals surface area (Å²) in [7, 11) is 0. The number of carbonyl (C=O) groups is 2. The van der Waals surface area contributed by atoms with Gasteiger partial charge in [0.15, 0.2) is 0 Å². The molecule has 3 atom stereocenters. The zero-order valence-corrected chi connectivity index (χ0v) is 20.5. The topological polar surface area (TPSA) is 77.1 Å². The van der Waals surface area contributed by atoms with E-state index in [-0.39, 0.29) is 12.0 Å². The molecule has 2 amide bonds. The summed E-state index contributed by atoms with van der Waals surface area (Å²) >= 11 is 0. The summed E-state index contributed by atoms with van der Waals surface area (Å²) in [6, 6.07) is 15.6. The average Bonchev–Trinajstić information content (AvgIpc) is 3.29. The summed E-state index contributed by atoms with van der Waals surface area (Å²) in [6.45, 7) is 10.6. The smallest absolute Gasteiger partial charge is 0.429 e. The maximum atomic E-state index is 13.2. The predicted molar refractivity (Wildman–Crippen MR) is 129 cm³/mol. The Morgan fingerprint density at radius 3 is 2.21 bits per heavy atom. The number of ether oxygens (including phenoxy) is 3. The van der Waals surface area contributed by atoms with E-state index in [2.05, 4.69) is 23.6 Å². The van der Waals surface area contributed by atoms with Crippen LogP contribution in [0.25, 0.3) is 11.1 Å². The second kappa shape index (κ2) is 8.70. The number of hydrazine groups is 1. The van der Waals surface area contributed by atoms with Crippen molar-refractivity contribution in [3.05, 3.63) is 66.2 Å². The number of carbonyl (C=O) groups excluding carboxylic acids is 2. The van der Waals surface area contributed by atoms with E-state index in [1.54, 1.807) is 41.5 Å². The molecule has 1 aliphatic carbocycles. The molecule has 0 fully saturated rings. The molecule has 34 heavy (non-hydrogen) atoms. The van der Waals surface area contributed by atoms with Gasteiger partial charge in [0.05, 0.1) is 12.0 Å². The lowest BCUT2D eigenvalue weighted by molar-refractivity contribution is -0.00779. The SMILES string of the molecule is CC(C)(C)OC(=O)NN(C(=O)OC(C)(C)C)[C@@H]1C=C[C@H]2Oc3ccc(-c4ccccc4)cc3[C@@H]12. The largest absolute Gasteiger partial charge is 0.485 e. The molecule has 0 saturated heterocycles. The Bertz CT molecular complexity index is 1100. The number of hydrogen-bond acceptors (Lipinski definition) is 5. The first-order valence-corrected chi connectivity index (χ1v) is 11.5. The van der Waals surface area contributed by atoms with Crippen molar-refractivity contribution in [2.45, 2.75) is 70.8 Å². The Hall–Kier alpha value is -3.48. The van der Waals surface area contributed by atoms with Crippen LogP contribution in [0.15, 0.2) is 60.7 Å². The molecule has 7 heteroatoms. The molecule has 180 valence electrons. The molecule has 2 aromatic rings. The highest BCUT2D eigenvalue weighted by atomic mass is 16.6. The third-order valence-electron chi connectivity index (χ3n) is 5.46. The third-order valence-corrected chi connectivity index (χ3v) is 5.46. The van der Waals surface area contributed by atoms with Crippen LogP contribution < -0.4 is 10.2 Å². The van der Waals surface area contributed by atoms with Crippen molar-refractivity contribution < 1.29 is 23.8 Å². The zero-order valence-electron chi connectivity index (χ0n) is 20.5. The van der Waals surface area contributed by atoms with E-state index in [0.717, 1.165) is 22.4 Å². The van der Waals surface area contributed by atoms with Crippen LogP contribution in [0, 0.1) is 0 Å². The Morgan fingerprint density at radius 1 is 0.882 bits per heavy atom. The van der Waals surface area contributed by atoms with Crippen LogP contribution >= 0.6 is 0 Å². The van der Waals surface area contributed by atoms with Crippen LogP contribution in [0.4, 0.5) is 9.59 Å². The number of nitrogens with zero attached hydrogens (tertiary/aromatic N) is 1. The number of fused-ring (bicyclic) bond motifs is 3. The fraction of sp³-hybridized carbons (Fsp3) is 0.407. The van der Waals surface area contributed by atoms with E-state index in [0.29, 0.717) is 0 Å². The Balaban J connectivity index is 1.66. The molecule has 1 aliphatic heterocycles. The minimum absolute atomic E-state index is 0.207. The molecule has 0 bridgehead atoms. The van der Waals surface area contributed by atoms with E-state index >= 15 is 0 Å². The molecule has 2 aromatic carbocycles. The lowest BCUT2D eigenvalue weighted by atomic mass is 9.90. The number of benzene rings is 2. The van der Waals surface area contributed by atoms with Gasteiger partial charge in [0.25, 0.3) is 0 Å². The second-order valence-electron chi connectivity index (χ2n) is 10.6. The summed E-state index contributed by atoms with van der Waals surface area (Å²) in [5.74, 6) is 0.562. The van der Waals surface area contributed by atoms with Gasteiger partial charge in [0.2, 0.25) is 0 Å². The van der Waals surface area contributed by atoms with Gasteiger partial charge in [-0.2, -0.15) is 0 Å². The molecule has 4 rings (SSSR count). The lowest BCUT2D eigenvalue weighted by Crippen LogP contribution is -2.55. The first kappa shape index (κ1) is 23.7. The second-order valence-corrected chi connectivity index (χ2v) is 10.6. The van der Waals surface area contributed by atoms with E-state index < -0.39 is 29.4 Å². The zero-order chi connectivity index (χ0) is 24.7. The van der Waals surface area contributed by atoms with Gasteiger partial charge in [-0.15, -0.1) is 0 Å². The highest BCUT2D eigenvalue weighted by molar-refractivity contribution is 5.76. The standard InChI is InChI=1S/C27H32N2O5/c1-26(2,3)33-24(30)28-29(25(31)34-27(4,5)6)20-13-15-22-23(20)19-16-18(12-14-21(19)32-22)17-10-8-7-9-11-17/h7-16,20,22-23H,1-6H3,(H,28,30)/t20-,22-,23+/m1/s1. The van der Waals surface area contributed by atoms with Crippen LogP contribution in [-0.2, 0) is 9.47 Å². The normalized spacial score (nSPS) is 20.7. The maximum absolute atomic E-state index is 13.2. The fourth-order valence-electron chi connectivity index (χ4n) is 4.20. The van der Waals surface area contributed by atoms with Crippen LogP contribution in [0.3, 0.4) is 0 Å². The van der Waals surface area contributed by atoms with Gasteiger partial charge >= 0.3 is 12.2 Å². The van der Waals surface area contributed by atoms with Crippen molar-refractivity contribution in [2.24, 2.45) is 0 Å².